The zero-order valence-corrected chi connectivity index (χ0v) is 15.1. The summed E-state index contributed by atoms with van der Waals surface area (Å²) in [4.78, 5) is 12.6. The molecule has 6 nitrogen and oxygen atoms in total. The lowest BCUT2D eigenvalue weighted by atomic mass is 9.79. The number of ether oxygens (including phenoxy) is 2. The molecule has 6 heteroatoms. The Balaban J connectivity index is 1.59. The molecule has 1 aromatic carbocycles. The van der Waals surface area contributed by atoms with E-state index in [1.54, 1.807) is 13.2 Å². The standard InChI is InChI=1S/C20H26N2O4/c1-24-15-20(8-10-21-11-9-20)14-22-19(23)18-16(7-12-25-18)13-26-17-5-3-2-4-6-17/h2-7,12,21H,8-11,13-15H2,1H3,(H,22,23). The van der Waals surface area contributed by atoms with Gasteiger partial charge in [-0.05, 0) is 44.1 Å². The zero-order chi connectivity index (χ0) is 18.2. The van der Waals surface area contributed by atoms with E-state index in [9.17, 15) is 4.79 Å². The predicted molar refractivity (Wildman–Crippen MR) is 98.2 cm³/mol. The molecule has 140 valence electrons. The topological polar surface area (TPSA) is 72.7 Å². The molecular weight excluding hydrogens is 332 g/mol. The monoisotopic (exact) mass is 358 g/mol. The highest BCUT2D eigenvalue weighted by Crippen LogP contribution is 2.28. The van der Waals surface area contributed by atoms with Gasteiger partial charge >= 0.3 is 0 Å². The molecule has 0 unspecified atom stereocenters. The first-order valence-corrected chi connectivity index (χ1v) is 8.94. The van der Waals surface area contributed by atoms with Crippen molar-refractivity contribution in [3.63, 3.8) is 0 Å². The number of nitrogens with one attached hydrogen (secondary N) is 2. The minimum atomic E-state index is -0.212. The number of carbonyl (C=O) groups excluding carboxylic acids is 1. The van der Waals surface area contributed by atoms with Gasteiger partial charge in [-0.25, -0.2) is 0 Å². The normalized spacial score (nSPS) is 16.2. The summed E-state index contributed by atoms with van der Waals surface area (Å²) in [7, 11) is 1.71. The Labute approximate surface area is 153 Å². The number of carbonyl (C=O) groups is 1. The van der Waals surface area contributed by atoms with Crippen molar-refractivity contribution in [2.24, 2.45) is 5.41 Å². The third kappa shape index (κ3) is 4.65. The molecule has 0 spiro atoms. The van der Waals surface area contributed by atoms with E-state index in [-0.39, 0.29) is 17.9 Å². The van der Waals surface area contributed by atoms with Crippen LogP contribution < -0.4 is 15.4 Å². The molecule has 2 heterocycles. The molecule has 1 aliphatic heterocycles. The van der Waals surface area contributed by atoms with Gasteiger partial charge in [-0.2, -0.15) is 0 Å². The van der Waals surface area contributed by atoms with E-state index in [1.807, 2.05) is 30.3 Å². The third-order valence-electron chi connectivity index (χ3n) is 4.83. The van der Waals surface area contributed by atoms with Crippen LogP contribution in [0.3, 0.4) is 0 Å². The minimum Gasteiger partial charge on any atom is -0.489 e. The first-order chi connectivity index (χ1) is 12.7. The van der Waals surface area contributed by atoms with Gasteiger partial charge in [0.1, 0.15) is 12.4 Å². The summed E-state index contributed by atoms with van der Waals surface area (Å²) in [6, 6.07) is 11.3. The number of furan rings is 1. The molecule has 0 bridgehead atoms. The summed E-state index contributed by atoms with van der Waals surface area (Å²) >= 11 is 0. The maximum Gasteiger partial charge on any atom is 0.287 e. The highest BCUT2D eigenvalue weighted by molar-refractivity contribution is 5.92. The number of hydrogen-bond acceptors (Lipinski definition) is 5. The SMILES string of the molecule is COCC1(CNC(=O)c2occc2COc2ccccc2)CCNCC1. The fourth-order valence-electron chi connectivity index (χ4n) is 3.31. The van der Waals surface area contributed by atoms with Crippen LogP contribution in [0.5, 0.6) is 5.75 Å². The summed E-state index contributed by atoms with van der Waals surface area (Å²) in [6.07, 6.45) is 3.47. The summed E-state index contributed by atoms with van der Waals surface area (Å²) < 4.78 is 16.5. The zero-order valence-electron chi connectivity index (χ0n) is 15.1. The Morgan fingerprint density at radius 1 is 1.23 bits per heavy atom. The molecule has 2 N–H and O–H groups in total. The molecule has 0 saturated carbocycles. The summed E-state index contributed by atoms with van der Waals surface area (Å²) in [5.41, 5.74) is 0.709. The van der Waals surface area contributed by atoms with Gasteiger partial charge < -0.3 is 24.5 Å². The van der Waals surface area contributed by atoms with Crippen LogP contribution in [0.1, 0.15) is 29.0 Å². The lowest BCUT2D eigenvalue weighted by Gasteiger charge is -2.37. The van der Waals surface area contributed by atoms with Gasteiger partial charge in [0.15, 0.2) is 5.76 Å². The molecule has 1 fully saturated rings. The van der Waals surface area contributed by atoms with Crippen LogP contribution in [0.2, 0.25) is 0 Å². The van der Waals surface area contributed by atoms with Gasteiger partial charge in [0.05, 0.1) is 12.9 Å². The highest BCUT2D eigenvalue weighted by Gasteiger charge is 2.33. The summed E-state index contributed by atoms with van der Waals surface area (Å²) in [5.74, 6) is 0.854. The van der Waals surface area contributed by atoms with E-state index in [2.05, 4.69) is 10.6 Å². The number of benzene rings is 1. The molecule has 3 rings (SSSR count). The van der Waals surface area contributed by atoms with Crippen LogP contribution in [0.25, 0.3) is 0 Å². The van der Waals surface area contributed by atoms with Crippen molar-refractivity contribution in [1.29, 1.82) is 0 Å². The Hall–Kier alpha value is -2.31. The van der Waals surface area contributed by atoms with E-state index in [4.69, 9.17) is 13.9 Å². The molecule has 26 heavy (non-hydrogen) atoms. The van der Waals surface area contributed by atoms with Crippen molar-refractivity contribution in [1.82, 2.24) is 10.6 Å². The second kappa shape index (κ2) is 8.87. The van der Waals surface area contributed by atoms with Crippen LogP contribution in [0.15, 0.2) is 47.1 Å². The number of rotatable bonds is 8. The molecule has 1 aliphatic rings. The highest BCUT2D eigenvalue weighted by atomic mass is 16.5. The summed E-state index contributed by atoms with van der Waals surface area (Å²) in [6.45, 7) is 3.38. The molecule has 2 aromatic rings. The van der Waals surface area contributed by atoms with Crippen LogP contribution >= 0.6 is 0 Å². The van der Waals surface area contributed by atoms with Crippen LogP contribution in [0, 0.1) is 5.41 Å². The van der Waals surface area contributed by atoms with Gasteiger partial charge in [-0.3, -0.25) is 4.79 Å². The molecule has 0 radical (unpaired) electrons. The number of amides is 1. The Morgan fingerprint density at radius 2 is 2.00 bits per heavy atom. The molecule has 0 atom stereocenters. The number of methoxy groups -OCH3 is 1. The van der Waals surface area contributed by atoms with E-state index in [0.29, 0.717) is 18.9 Å². The van der Waals surface area contributed by atoms with E-state index >= 15 is 0 Å². The minimum absolute atomic E-state index is 0.0248. The van der Waals surface area contributed by atoms with Gasteiger partial charge in [0.25, 0.3) is 5.91 Å². The molecule has 1 saturated heterocycles. The third-order valence-corrected chi connectivity index (χ3v) is 4.83. The summed E-state index contributed by atoms with van der Waals surface area (Å²) in [5, 5.41) is 6.37. The van der Waals surface area contributed by atoms with Crippen molar-refractivity contribution >= 4 is 5.91 Å². The largest absolute Gasteiger partial charge is 0.489 e. The number of hydrogen-bond donors (Lipinski definition) is 2. The van der Waals surface area contributed by atoms with E-state index < -0.39 is 0 Å². The van der Waals surface area contributed by atoms with Crippen molar-refractivity contribution in [2.45, 2.75) is 19.4 Å². The predicted octanol–water partition coefficient (Wildman–Crippen LogP) is 2.60. The Kier molecular flexibility index (Phi) is 6.30. The Morgan fingerprint density at radius 3 is 2.73 bits per heavy atom. The number of piperidine rings is 1. The average Bonchev–Trinajstić information content (AvgIpc) is 3.15. The molecular formula is C20H26N2O4. The maximum atomic E-state index is 12.6. The maximum absolute atomic E-state index is 12.6. The number of para-hydroxylation sites is 1. The van der Waals surface area contributed by atoms with Crippen LogP contribution in [0.4, 0.5) is 0 Å². The van der Waals surface area contributed by atoms with Crippen LogP contribution in [-0.2, 0) is 11.3 Å². The molecule has 1 amide bonds. The average molecular weight is 358 g/mol. The quantitative estimate of drug-likeness (QED) is 0.759. The van der Waals surface area contributed by atoms with E-state index in [0.717, 1.165) is 37.2 Å². The molecule has 0 aliphatic carbocycles. The van der Waals surface area contributed by atoms with Gasteiger partial charge in [0, 0.05) is 24.6 Å². The van der Waals surface area contributed by atoms with Crippen molar-refractivity contribution in [3.8, 4) is 5.75 Å². The smallest absolute Gasteiger partial charge is 0.287 e. The first-order valence-electron chi connectivity index (χ1n) is 8.94. The fourth-order valence-corrected chi connectivity index (χ4v) is 3.31. The van der Waals surface area contributed by atoms with Gasteiger partial charge in [-0.15, -0.1) is 0 Å². The Bertz CT molecular complexity index is 687. The van der Waals surface area contributed by atoms with Crippen molar-refractivity contribution < 1.29 is 18.7 Å². The van der Waals surface area contributed by atoms with Crippen molar-refractivity contribution in [2.75, 3.05) is 33.4 Å². The van der Waals surface area contributed by atoms with Gasteiger partial charge in [0.2, 0.25) is 0 Å². The van der Waals surface area contributed by atoms with Crippen molar-refractivity contribution in [3.05, 3.63) is 54.0 Å². The van der Waals surface area contributed by atoms with Gasteiger partial charge in [-0.1, -0.05) is 18.2 Å². The lowest BCUT2D eigenvalue weighted by Crippen LogP contribution is -2.47. The fraction of sp³-hybridized carbons (Fsp3) is 0.450. The second-order valence-electron chi connectivity index (χ2n) is 6.74. The first kappa shape index (κ1) is 18.5. The van der Waals surface area contributed by atoms with Crippen LogP contribution in [-0.4, -0.2) is 39.3 Å². The molecule has 1 aromatic heterocycles. The van der Waals surface area contributed by atoms with E-state index in [1.165, 1.54) is 6.26 Å². The lowest BCUT2D eigenvalue weighted by molar-refractivity contribution is 0.0505. The second-order valence-corrected chi connectivity index (χ2v) is 6.74.